The van der Waals surface area contributed by atoms with Crippen LogP contribution in [-0.4, -0.2) is 5.91 Å². The molecule has 1 aromatic rings. The summed E-state index contributed by atoms with van der Waals surface area (Å²) in [6.07, 6.45) is 6.13. The van der Waals surface area contributed by atoms with Gasteiger partial charge in [-0.1, -0.05) is 6.42 Å². The molecule has 0 saturated heterocycles. The Morgan fingerprint density at radius 2 is 2.00 bits per heavy atom. The van der Waals surface area contributed by atoms with Crippen molar-refractivity contribution in [3.8, 4) is 0 Å². The van der Waals surface area contributed by atoms with Crippen LogP contribution in [0.4, 0.5) is 5.69 Å². The van der Waals surface area contributed by atoms with Crippen LogP contribution in [0.15, 0.2) is 24.3 Å². The molecule has 1 aromatic carbocycles. The number of halogens is 1. The molecule has 0 spiro atoms. The Bertz CT molecular complexity index is 442. The molecule has 3 rings (SSSR count). The van der Waals surface area contributed by atoms with Gasteiger partial charge in [-0.3, -0.25) is 4.79 Å². The van der Waals surface area contributed by atoms with Crippen LogP contribution in [0, 0.1) is 21.3 Å². The summed E-state index contributed by atoms with van der Waals surface area (Å²) in [5, 5.41) is 3.01. The molecule has 1 N–H and O–H groups in total. The summed E-state index contributed by atoms with van der Waals surface area (Å²) < 4.78 is 1.19. The normalized spacial score (nSPS) is 29.5. The molecule has 3 heteroatoms. The zero-order chi connectivity index (χ0) is 12.5. The Kier molecular flexibility index (Phi) is 3.59. The third-order valence-corrected chi connectivity index (χ3v) is 5.18. The quantitative estimate of drug-likeness (QED) is 0.815. The van der Waals surface area contributed by atoms with Gasteiger partial charge in [-0.2, -0.15) is 0 Å². The molecule has 3 atom stereocenters. The lowest BCUT2D eigenvalue weighted by Gasteiger charge is -2.20. The fourth-order valence-corrected chi connectivity index (χ4v) is 3.97. The summed E-state index contributed by atoms with van der Waals surface area (Å²) in [5.41, 5.74) is 0.920. The zero-order valence-corrected chi connectivity index (χ0v) is 12.5. The molecule has 2 saturated carbocycles. The number of fused-ring (bicyclic) bond motifs is 2. The van der Waals surface area contributed by atoms with Crippen molar-refractivity contribution in [2.75, 3.05) is 5.32 Å². The van der Waals surface area contributed by atoms with Gasteiger partial charge in [0.15, 0.2) is 0 Å². The van der Waals surface area contributed by atoms with E-state index in [0.717, 1.165) is 17.5 Å². The van der Waals surface area contributed by atoms with E-state index in [2.05, 4.69) is 27.9 Å². The molecule has 2 fully saturated rings. The van der Waals surface area contributed by atoms with Crippen molar-refractivity contribution in [3.05, 3.63) is 27.8 Å². The Hall–Kier alpha value is -0.580. The number of hydrogen-bond donors (Lipinski definition) is 1. The minimum Gasteiger partial charge on any atom is -0.326 e. The highest BCUT2D eigenvalue weighted by Crippen LogP contribution is 2.49. The molecule has 0 radical (unpaired) electrons. The lowest BCUT2D eigenvalue weighted by molar-refractivity contribution is -0.117. The molecule has 0 heterocycles. The van der Waals surface area contributed by atoms with E-state index in [0.29, 0.717) is 12.3 Å². The summed E-state index contributed by atoms with van der Waals surface area (Å²) in [6, 6.07) is 7.99. The van der Waals surface area contributed by atoms with Crippen molar-refractivity contribution in [3.63, 3.8) is 0 Å². The van der Waals surface area contributed by atoms with Crippen molar-refractivity contribution < 1.29 is 4.79 Å². The van der Waals surface area contributed by atoms with Gasteiger partial charge in [-0.15, -0.1) is 0 Å². The minimum absolute atomic E-state index is 0.189. The largest absolute Gasteiger partial charge is 0.326 e. The van der Waals surface area contributed by atoms with Crippen LogP contribution in [-0.2, 0) is 4.79 Å². The highest BCUT2D eigenvalue weighted by atomic mass is 127. The van der Waals surface area contributed by atoms with Gasteiger partial charge in [-0.25, -0.2) is 0 Å². The maximum atomic E-state index is 12.0. The summed E-state index contributed by atoms with van der Waals surface area (Å²) in [4.78, 5) is 12.0. The van der Waals surface area contributed by atoms with Crippen LogP contribution >= 0.6 is 22.6 Å². The van der Waals surface area contributed by atoms with E-state index in [1.54, 1.807) is 0 Å². The van der Waals surface area contributed by atoms with Crippen molar-refractivity contribution in [2.45, 2.75) is 32.1 Å². The predicted molar refractivity (Wildman–Crippen MR) is 81.3 cm³/mol. The number of nitrogens with one attached hydrogen (secondary N) is 1. The molecule has 0 unspecified atom stereocenters. The SMILES string of the molecule is O=C(C[C@@H]1C[C@H]2CC[C@H]1C2)Nc1ccc(I)cc1. The van der Waals surface area contributed by atoms with Crippen molar-refractivity contribution in [1.82, 2.24) is 0 Å². The van der Waals surface area contributed by atoms with Gasteiger partial charge in [0, 0.05) is 15.7 Å². The lowest BCUT2D eigenvalue weighted by Crippen LogP contribution is -2.20. The molecular weight excluding hydrogens is 337 g/mol. The summed E-state index contributed by atoms with van der Waals surface area (Å²) in [6.45, 7) is 0. The number of amides is 1. The minimum atomic E-state index is 0.189. The molecule has 0 aliphatic heterocycles. The zero-order valence-electron chi connectivity index (χ0n) is 10.4. The topological polar surface area (TPSA) is 29.1 Å². The van der Waals surface area contributed by atoms with Gasteiger partial charge >= 0.3 is 0 Å². The van der Waals surface area contributed by atoms with Crippen molar-refractivity contribution >= 4 is 34.2 Å². The standard InChI is InChI=1S/C15H18INO/c16-13-3-5-14(6-4-13)17-15(18)9-12-8-10-1-2-11(12)7-10/h3-6,10-12H,1-2,7-9H2,(H,17,18)/t10-,11-,12-/m0/s1. The third-order valence-electron chi connectivity index (χ3n) is 4.46. The first-order valence-electron chi connectivity index (χ1n) is 6.76. The van der Waals surface area contributed by atoms with E-state index in [1.165, 1.54) is 29.3 Å². The maximum absolute atomic E-state index is 12.0. The van der Waals surface area contributed by atoms with E-state index < -0.39 is 0 Å². The van der Waals surface area contributed by atoms with Gasteiger partial charge in [-0.05, 0) is 83.9 Å². The number of hydrogen-bond acceptors (Lipinski definition) is 1. The van der Waals surface area contributed by atoms with Gasteiger partial charge in [0.2, 0.25) is 5.91 Å². The highest BCUT2D eigenvalue weighted by Gasteiger charge is 2.40. The first kappa shape index (κ1) is 12.5. The Balaban J connectivity index is 1.54. The maximum Gasteiger partial charge on any atom is 0.224 e. The molecule has 2 aliphatic rings. The lowest BCUT2D eigenvalue weighted by atomic mass is 9.86. The van der Waals surface area contributed by atoms with Crippen molar-refractivity contribution in [1.29, 1.82) is 0 Å². The van der Waals surface area contributed by atoms with Crippen LogP contribution in [0.5, 0.6) is 0 Å². The van der Waals surface area contributed by atoms with Crippen LogP contribution < -0.4 is 5.32 Å². The van der Waals surface area contributed by atoms with Crippen LogP contribution in [0.3, 0.4) is 0 Å². The molecule has 2 aliphatic carbocycles. The predicted octanol–water partition coefficient (Wildman–Crippen LogP) is 4.06. The summed E-state index contributed by atoms with van der Waals surface area (Å²) in [5.74, 6) is 2.59. The molecule has 2 bridgehead atoms. The fourth-order valence-electron chi connectivity index (χ4n) is 3.61. The van der Waals surface area contributed by atoms with Gasteiger partial charge in [0.25, 0.3) is 0 Å². The molecule has 18 heavy (non-hydrogen) atoms. The Morgan fingerprint density at radius 1 is 1.22 bits per heavy atom. The van der Waals surface area contributed by atoms with Crippen LogP contribution in [0.2, 0.25) is 0 Å². The molecular formula is C15H18INO. The molecule has 1 amide bonds. The second-order valence-electron chi connectivity index (χ2n) is 5.69. The molecule has 0 aromatic heterocycles. The number of carbonyl (C=O) groups is 1. The van der Waals surface area contributed by atoms with Crippen LogP contribution in [0.25, 0.3) is 0 Å². The summed E-state index contributed by atoms with van der Waals surface area (Å²) in [7, 11) is 0. The fraction of sp³-hybridized carbons (Fsp3) is 0.533. The van der Waals surface area contributed by atoms with E-state index in [1.807, 2.05) is 24.3 Å². The average molecular weight is 355 g/mol. The monoisotopic (exact) mass is 355 g/mol. The van der Waals surface area contributed by atoms with E-state index in [-0.39, 0.29) is 5.91 Å². The molecule has 2 nitrogen and oxygen atoms in total. The number of benzene rings is 1. The first-order chi connectivity index (χ1) is 8.70. The molecule has 96 valence electrons. The first-order valence-corrected chi connectivity index (χ1v) is 7.84. The van der Waals surface area contributed by atoms with E-state index in [4.69, 9.17) is 0 Å². The summed E-state index contributed by atoms with van der Waals surface area (Å²) >= 11 is 2.27. The van der Waals surface area contributed by atoms with Gasteiger partial charge in [0.1, 0.15) is 0 Å². The van der Waals surface area contributed by atoms with Gasteiger partial charge < -0.3 is 5.32 Å². The number of anilines is 1. The van der Waals surface area contributed by atoms with E-state index in [9.17, 15) is 4.79 Å². The van der Waals surface area contributed by atoms with Crippen molar-refractivity contribution in [2.24, 2.45) is 17.8 Å². The third kappa shape index (κ3) is 2.71. The van der Waals surface area contributed by atoms with Crippen LogP contribution in [0.1, 0.15) is 32.1 Å². The van der Waals surface area contributed by atoms with Gasteiger partial charge in [0.05, 0.1) is 0 Å². The average Bonchev–Trinajstić information content (AvgIpc) is 2.94. The highest BCUT2D eigenvalue weighted by molar-refractivity contribution is 14.1. The van der Waals surface area contributed by atoms with E-state index >= 15 is 0 Å². The Labute approximate surface area is 122 Å². The number of rotatable bonds is 3. The smallest absolute Gasteiger partial charge is 0.224 e. The second kappa shape index (κ2) is 5.19. The Morgan fingerprint density at radius 3 is 2.61 bits per heavy atom. The number of carbonyl (C=O) groups excluding carboxylic acids is 1. The second-order valence-corrected chi connectivity index (χ2v) is 6.94.